The summed E-state index contributed by atoms with van der Waals surface area (Å²) in [4.78, 5) is 3.60. The molecule has 6 heteroatoms. The van der Waals surface area contributed by atoms with Crippen molar-refractivity contribution in [3.05, 3.63) is 102 Å². The van der Waals surface area contributed by atoms with E-state index in [9.17, 15) is 4.39 Å². The molecule has 0 saturated heterocycles. The average Bonchev–Trinajstić information content (AvgIpc) is 3.33. The molecule has 0 unspecified atom stereocenters. The van der Waals surface area contributed by atoms with E-state index < -0.39 is 0 Å². The molecule has 1 N–H and O–H groups in total. The van der Waals surface area contributed by atoms with Crippen molar-refractivity contribution in [2.45, 2.75) is 0 Å². The maximum atomic E-state index is 13.7. The zero-order valence-corrected chi connectivity index (χ0v) is 18.5. The van der Waals surface area contributed by atoms with E-state index in [0.717, 1.165) is 38.0 Å². The third-order valence-corrected chi connectivity index (χ3v) is 6.10. The second kappa shape index (κ2) is 7.52. The summed E-state index contributed by atoms with van der Waals surface area (Å²) in [6, 6.07) is 25.3. The zero-order valence-electron chi connectivity index (χ0n) is 16.2. The molecule has 152 valence electrons. The maximum absolute atomic E-state index is 13.7. The molecule has 0 aliphatic heterocycles. The Morgan fingerprint density at radius 3 is 2.35 bits per heavy atom. The van der Waals surface area contributed by atoms with Gasteiger partial charge in [-0.1, -0.05) is 34.1 Å². The minimum absolute atomic E-state index is 0. The molecule has 0 atom stereocenters. The molecule has 3 aromatic heterocycles. The Morgan fingerprint density at radius 1 is 0.839 bits per heavy atom. The van der Waals surface area contributed by atoms with Gasteiger partial charge in [0.05, 0.1) is 11.7 Å². The predicted octanol–water partition coefficient (Wildman–Crippen LogP) is 3.42. The number of imidazole rings is 1. The maximum Gasteiger partial charge on any atom is 0.254 e. The molecule has 0 aliphatic rings. The molecule has 0 saturated carbocycles. The largest absolute Gasteiger partial charge is 1.00 e. The molecule has 3 heterocycles. The summed E-state index contributed by atoms with van der Waals surface area (Å²) in [7, 11) is 0. The first-order valence-corrected chi connectivity index (χ1v) is 10.5. The highest BCUT2D eigenvalue weighted by Crippen LogP contribution is 2.33. The number of halogens is 3. The van der Waals surface area contributed by atoms with Crippen LogP contribution in [0.5, 0.6) is 0 Å². The summed E-state index contributed by atoms with van der Waals surface area (Å²) >= 11 is 3.52. The number of aromatic nitrogens is 3. The highest BCUT2D eigenvalue weighted by molar-refractivity contribution is 9.10. The van der Waals surface area contributed by atoms with Crippen molar-refractivity contribution >= 4 is 43.3 Å². The molecule has 6 aromatic rings. The first-order chi connectivity index (χ1) is 14.7. The van der Waals surface area contributed by atoms with Crippen molar-refractivity contribution in [3.8, 4) is 16.9 Å². The number of fused-ring (bicyclic) bond motifs is 5. The van der Waals surface area contributed by atoms with E-state index in [1.165, 1.54) is 22.9 Å². The van der Waals surface area contributed by atoms with E-state index in [1.54, 1.807) is 0 Å². The van der Waals surface area contributed by atoms with Gasteiger partial charge in [0.15, 0.2) is 5.69 Å². The summed E-state index contributed by atoms with van der Waals surface area (Å²) in [5.74, 6) is -0.242. The number of rotatable bonds is 2. The van der Waals surface area contributed by atoms with Gasteiger partial charge in [-0.15, -0.1) is 0 Å². The molecule has 31 heavy (non-hydrogen) atoms. The van der Waals surface area contributed by atoms with Crippen molar-refractivity contribution in [1.82, 2.24) is 9.55 Å². The Bertz CT molecular complexity index is 1550. The van der Waals surface area contributed by atoms with Crippen molar-refractivity contribution in [2.75, 3.05) is 0 Å². The Morgan fingerprint density at radius 2 is 1.58 bits per heavy atom. The van der Waals surface area contributed by atoms with Gasteiger partial charge in [-0.25, -0.2) is 4.39 Å². The smallest absolute Gasteiger partial charge is 0.254 e. The van der Waals surface area contributed by atoms with Gasteiger partial charge in [-0.2, -0.15) is 8.97 Å². The van der Waals surface area contributed by atoms with Crippen LogP contribution in [0.2, 0.25) is 0 Å². The quantitative estimate of drug-likeness (QED) is 0.358. The molecule has 0 radical (unpaired) electrons. The van der Waals surface area contributed by atoms with Crippen LogP contribution in [-0.2, 0) is 0 Å². The first kappa shape index (κ1) is 19.8. The van der Waals surface area contributed by atoms with Gasteiger partial charge >= 0.3 is 0 Å². The Hall–Kier alpha value is -3.15. The summed E-state index contributed by atoms with van der Waals surface area (Å²) in [5.41, 5.74) is 6.21. The Kier molecular flexibility index (Phi) is 4.80. The lowest BCUT2D eigenvalue weighted by atomic mass is 10.1. The van der Waals surface area contributed by atoms with Gasteiger partial charge in [0.1, 0.15) is 11.5 Å². The van der Waals surface area contributed by atoms with Crippen LogP contribution in [0.1, 0.15) is 0 Å². The number of hydrogen-bond donors (Lipinski definition) is 1. The fourth-order valence-electron chi connectivity index (χ4n) is 4.20. The van der Waals surface area contributed by atoms with Crippen LogP contribution in [0.25, 0.3) is 44.3 Å². The van der Waals surface area contributed by atoms with E-state index in [1.807, 2.05) is 30.3 Å². The fourth-order valence-corrected chi connectivity index (χ4v) is 4.46. The molecule has 3 aromatic carbocycles. The van der Waals surface area contributed by atoms with Gasteiger partial charge in [0.25, 0.3) is 6.33 Å². The standard InChI is InChI=1S/C25H16BrFN3.ClH/c26-17-7-11-19(12-8-17)30-15-29-14-13-21-20-3-1-2-4-22(20)28-23(21)25(29)24(30)16-5-9-18(27)10-6-16;/h1-15,28H;1H/q+1;/p-1. The number of benzene rings is 3. The van der Waals surface area contributed by atoms with E-state index in [4.69, 9.17) is 0 Å². The second-order valence-electron chi connectivity index (χ2n) is 7.35. The van der Waals surface area contributed by atoms with Crippen LogP contribution in [0.15, 0.2) is 95.9 Å². The third kappa shape index (κ3) is 3.12. The summed E-state index contributed by atoms with van der Waals surface area (Å²) in [6.07, 6.45) is 4.16. The summed E-state index contributed by atoms with van der Waals surface area (Å²) in [5, 5.41) is 2.36. The van der Waals surface area contributed by atoms with E-state index in [-0.39, 0.29) is 18.2 Å². The number of H-pyrrole nitrogens is 1. The fraction of sp³-hybridized carbons (Fsp3) is 0. The average molecular weight is 493 g/mol. The normalized spacial score (nSPS) is 11.3. The highest BCUT2D eigenvalue weighted by Gasteiger charge is 2.24. The summed E-state index contributed by atoms with van der Waals surface area (Å²) in [6.45, 7) is 0. The lowest BCUT2D eigenvalue weighted by molar-refractivity contribution is -0.510. The molecule has 0 aliphatic carbocycles. The Balaban J connectivity index is 0.00000204. The van der Waals surface area contributed by atoms with E-state index >= 15 is 0 Å². The topological polar surface area (TPSA) is 24.8 Å². The second-order valence-corrected chi connectivity index (χ2v) is 8.26. The van der Waals surface area contributed by atoms with Crippen molar-refractivity contribution < 1.29 is 21.2 Å². The van der Waals surface area contributed by atoms with Crippen LogP contribution < -0.4 is 16.8 Å². The van der Waals surface area contributed by atoms with Gasteiger partial charge in [0, 0.05) is 26.3 Å². The van der Waals surface area contributed by atoms with Crippen molar-refractivity contribution in [1.29, 1.82) is 0 Å². The van der Waals surface area contributed by atoms with Crippen LogP contribution in [0.4, 0.5) is 4.39 Å². The number of aromatic amines is 1. The molecule has 0 spiro atoms. The molecule has 0 amide bonds. The van der Waals surface area contributed by atoms with Gasteiger partial charge < -0.3 is 17.4 Å². The number of pyridine rings is 1. The van der Waals surface area contributed by atoms with E-state index in [2.05, 4.69) is 78.8 Å². The van der Waals surface area contributed by atoms with Crippen LogP contribution in [0, 0.1) is 5.82 Å². The molecule has 3 nitrogen and oxygen atoms in total. The lowest BCUT2D eigenvalue weighted by Crippen LogP contribution is -3.00. The minimum atomic E-state index is -0.242. The van der Waals surface area contributed by atoms with Gasteiger partial charge in [-0.05, 0) is 60.7 Å². The summed E-state index contributed by atoms with van der Waals surface area (Å²) < 4.78 is 19.0. The van der Waals surface area contributed by atoms with Gasteiger partial charge in [0.2, 0.25) is 5.52 Å². The number of para-hydroxylation sites is 1. The van der Waals surface area contributed by atoms with Crippen LogP contribution in [0.3, 0.4) is 0 Å². The number of nitrogens with one attached hydrogen (secondary N) is 1. The molecular formula is C25H16BrClFN3. The molecule has 0 fully saturated rings. The van der Waals surface area contributed by atoms with Crippen LogP contribution >= 0.6 is 15.9 Å². The molecule has 6 rings (SSSR count). The van der Waals surface area contributed by atoms with Crippen molar-refractivity contribution in [2.24, 2.45) is 0 Å². The molecular weight excluding hydrogens is 477 g/mol. The molecule has 0 bridgehead atoms. The van der Waals surface area contributed by atoms with Crippen molar-refractivity contribution in [3.63, 3.8) is 0 Å². The SMILES string of the molecule is Fc1ccc(-c2c3c4[nH]c5ccccc5c4cc[n+]3cn2-c2ccc(Br)cc2)cc1.[Cl-]. The monoisotopic (exact) mass is 491 g/mol. The number of hydrogen-bond acceptors (Lipinski definition) is 0. The van der Waals surface area contributed by atoms with E-state index in [0.29, 0.717) is 0 Å². The Labute approximate surface area is 192 Å². The van der Waals surface area contributed by atoms with Crippen LogP contribution in [-0.4, -0.2) is 9.55 Å². The number of nitrogens with zero attached hydrogens (tertiary/aromatic N) is 2. The zero-order chi connectivity index (χ0) is 20.2. The highest BCUT2D eigenvalue weighted by atomic mass is 79.9. The minimum Gasteiger partial charge on any atom is -1.00 e. The predicted molar refractivity (Wildman–Crippen MR) is 121 cm³/mol. The lowest BCUT2D eigenvalue weighted by Gasteiger charge is -2.03. The third-order valence-electron chi connectivity index (χ3n) is 5.57. The first-order valence-electron chi connectivity index (χ1n) is 9.67. The van der Waals surface area contributed by atoms with Gasteiger partial charge in [-0.3, -0.25) is 0 Å².